The monoisotopic (exact) mass is 348 g/mol. The number of hydrogen-bond acceptors (Lipinski definition) is 3. The molecule has 0 aliphatic rings. The minimum Gasteiger partial charge on any atom is -0.495 e. The minimum atomic E-state index is -0.422. The Morgan fingerprint density at radius 3 is 2.76 bits per heavy atom. The SMILES string of the molecule is COc1cc(Br)cc(C)c1NCc1cccc(C(N)=O)c1. The van der Waals surface area contributed by atoms with Crippen molar-refractivity contribution < 1.29 is 9.53 Å². The molecule has 2 rings (SSSR count). The summed E-state index contributed by atoms with van der Waals surface area (Å²) in [4.78, 5) is 11.2. The van der Waals surface area contributed by atoms with E-state index in [0.29, 0.717) is 12.1 Å². The van der Waals surface area contributed by atoms with E-state index in [1.807, 2.05) is 31.2 Å². The van der Waals surface area contributed by atoms with Gasteiger partial charge in [-0.15, -0.1) is 0 Å². The quantitative estimate of drug-likeness (QED) is 0.869. The summed E-state index contributed by atoms with van der Waals surface area (Å²) < 4.78 is 6.36. The van der Waals surface area contributed by atoms with Crippen LogP contribution in [0.5, 0.6) is 5.75 Å². The minimum absolute atomic E-state index is 0.422. The van der Waals surface area contributed by atoms with Gasteiger partial charge in [-0.2, -0.15) is 0 Å². The highest BCUT2D eigenvalue weighted by molar-refractivity contribution is 9.10. The van der Waals surface area contributed by atoms with Gasteiger partial charge in [0, 0.05) is 16.6 Å². The Kier molecular flexibility index (Phi) is 4.85. The van der Waals surface area contributed by atoms with Gasteiger partial charge >= 0.3 is 0 Å². The molecule has 0 bridgehead atoms. The van der Waals surface area contributed by atoms with Crippen LogP contribution in [0.25, 0.3) is 0 Å². The highest BCUT2D eigenvalue weighted by Gasteiger charge is 2.08. The second kappa shape index (κ2) is 6.63. The molecule has 4 nitrogen and oxygen atoms in total. The molecule has 0 aliphatic carbocycles. The molecule has 0 aliphatic heterocycles. The van der Waals surface area contributed by atoms with Crippen molar-refractivity contribution in [1.82, 2.24) is 0 Å². The Labute approximate surface area is 132 Å². The van der Waals surface area contributed by atoms with E-state index in [-0.39, 0.29) is 0 Å². The summed E-state index contributed by atoms with van der Waals surface area (Å²) in [7, 11) is 1.64. The molecule has 2 aromatic carbocycles. The van der Waals surface area contributed by atoms with E-state index in [2.05, 4.69) is 21.2 Å². The van der Waals surface area contributed by atoms with Gasteiger partial charge in [0.1, 0.15) is 5.75 Å². The first kappa shape index (κ1) is 15.4. The van der Waals surface area contributed by atoms with Crippen molar-refractivity contribution in [2.45, 2.75) is 13.5 Å². The second-order valence-electron chi connectivity index (χ2n) is 4.72. The maximum atomic E-state index is 11.2. The Morgan fingerprint density at radius 2 is 2.10 bits per heavy atom. The van der Waals surface area contributed by atoms with E-state index in [1.54, 1.807) is 19.2 Å². The highest BCUT2D eigenvalue weighted by Crippen LogP contribution is 2.32. The Morgan fingerprint density at radius 1 is 1.33 bits per heavy atom. The number of nitrogens with one attached hydrogen (secondary N) is 1. The summed E-state index contributed by atoms with van der Waals surface area (Å²) in [6.45, 7) is 2.59. The van der Waals surface area contributed by atoms with Crippen LogP contribution in [0.15, 0.2) is 40.9 Å². The van der Waals surface area contributed by atoms with Crippen molar-refractivity contribution in [2.75, 3.05) is 12.4 Å². The number of primary amides is 1. The van der Waals surface area contributed by atoms with Crippen LogP contribution in [0, 0.1) is 6.92 Å². The predicted molar refractivity (Wildman–Crippen MR) is 87.7 cm³/mol. The number of aryl methyl sites for hydroxylation is 1. The third kappa shape index (κ3) is 3.76. The molecular weight excluding hydrogens is 332 g/mol. The molecule has 3 N–H and O–H groups in total. The van der Waals surface area contributed by atoms with Gasteiger partial charge in [0.05, 0.1) is 12.8 Å². The smallest absolute Gasteiger partial charge is 0.248 e. The van der Waals surface area contributed by atoms with Crippen LogP contribution in [0.4, 0.5) is 5.69 Å². The second-order valence-corrected chi connectivity index (χ2v) is 5.63. The third-order valence-corrected chi connectivity index (χ3v) is 3.62. The van der Waals surface area contributed by atoms with Crippen molar-refractivity contribution >= 4 is 27.5 Å². The maximum absolute atomic E-state index is 11.2. The van der Waals surface area contributed by atoms with Gasteiger partial charge in [-0.1, -0.05) is 28.1 Å². The fourth-order valence-electron chi connectivity index (χ4n) is 2.12. The van der Waals surface area contributed by atoms with Gasteiger partial charge < -0.3 is 15.8 Å². The lowest BCUT2D eigenvalue weighted by Gasteiger charge is -2.15. The highest BCUT2D eigenvalue weighted by atomic mass is 79.9. The van der Waals surface area contributed by atoms with E-state index in [9.17, 15) is 4.79 Å². The summed E-state index contributed by atoms with van der Waals surface area (Å²) in [5.74, 6) is 0.349. The number of methoxy groups -OCH3 is 1. The van der Waals surface area contributed by atoms with Crippen molar-refractivity contribution in [3.8, 4) is 5.75 Å². The molecule has 0 atom stereocenters. The summed E-state index contributed by atoms with van der Waals surface area (Å²) >= 11 is 3.45. The number of amides is 1. The van der Waals surface area contributed by atoms with Gasteiger partial charge in [0.25, 0.3) is 0 Å². The van der Waals surface area contributed by atoms with Crippen LogP contribution in [-0.2, 0) is 6.54 Å². The molecule has 0 aromatic heterocycles. The Hall–Kier alpha value is -2.01. The van der Waals surface area contributed by atoms with Gasteiger partial charge in [0.2, 0.25) is 5.91 Å². The molecule has 0 fully saturated rings. The average Bonchev–Trinajstić information content (AvgIpc) is 2.45. The number of carbonyl (C=O) groups is 1. The first-order valence-corrected chi connectivity index (χ1v) is 7.27. The third-order valence-electron chi connectivity index (χ3n) is 3.16. The lowest BCUT2D eigenvalue weighted by molar-refractivity contribution is 0.1000. The number of ether oxygens (including phenoxy) is 1. The number of halogens is 1. The molecule has 0 radical (unpaired) electrons. The molecule has 110 valence electrons. The Balaban J connectivity index is 2.20. The molecule has 2 aromatic rings. The Bertz CT molecular complexity index is 671. The largest absolute Gasteiger partial charge is 0.495 e. The topological polar surface area (TPSA) is 64.3 Å². The standard InChI is InChI=1S/C16H17BrN2O2/c1-10-6-13(17)8-14(21-2)15(10)19-9-11-4-3-5-12(7-11)16(18)20/h3-8,19H,9H2,1-2H3,(H2,18,20). The van der Waals surface area contributed by atoms with Gasteiger partial charge in [-0.3, -0.25) is 4.79 Å². The van der Waals surface area contributed by atoms with Crippen LogP contribution in [0.3, 0.4) is 0 Å². The fraction of sp³-hybridized carbons (Fsp3) is 0.188. The lowest BCUT2D eigenvalue weighted by atomic mass is 10.1. The van der Waals surface area contributed by atoms with Gasteiger partial charge in [-0.05, 0) is 42.3 Å². The molecule has 0 heterocycles. The molecule has 21 heavy (non-hydrogen) atoms. The summed E-state index contributed by atoms with van der Waals surface area (Å²) in [5, 5.41) is 3.34. The zero-order chi connectivity index (χ0) is 15.4. The lowest BCUT2D eigenvalue weighted by Crippen LogP contribution is -2.11. The first-order chi connectivity index (χ1) is 10.0. The van der Waals surface area contributed by atoms with Crippen molar-refractivity contribution in [2.24, 2.45) is 5.73 Å². The van der Waals surface area contributed by atoms with E-state index in [4.69, 9.17) is 10.5 Å². The molecular formula is C16H17BrN2O2. The maximum Gasteiger partial charge on any atom is 0.248 e. The fourth-order valence-corrected chi connectivity index (χ4v) is 2.68. The zero-order valence-electron chi connectivity index (χ0n) is 11.9. The van der Waals surface area contributed by atoms with E-state index in [1.165, 1.54) is 0 Å². The summed E-state index contributed by atoms with van der Waals surface area (Å²) in [6.07, 6.45) is 0. The van der Waals surface area contributed by atoms with Crippen molar-refractivity contribution in [1.29, 1.82) is 0 Å². The number of carbonyl (C=O) groups excluding carboxylic acids is 1. The first-order valence-electron chi connectivity index (χ1n) is 6.48. The van der Waals surface area contributed by atoms with E-state index < -0.39 is 5.91 Å². The van der Waals surface area contributed by atoms with Crippen molar-refractivity contribution in [3.63, 3.8) is 0 Å². The molecule has 0 spiro atoms. The normalized spacial score (nSPS) is 10.2. The zero-order valence-corrected chi connectivity index (χ0v) is 13.5. The molecule has 5 heteroatoms. The van der Waals surface area contributed by atoms with Crippen LogP contribution < -0.4 is 15.8 Å². The van der Waals surface area contributed by atoms with Crippen LogP contribution in [0.2, 0.25) is 0 Å². The number of benzene rings is 2. The van der Waals surface area contributed by atoms with Gasteiger partial charge in [0.15, 0.2) is 0 Å². The van der Waals surface area contributed by atoms with E-state index in [0.717, 1.165) is 27.0 Å². The summed E-state index contributed by atoms with van der Waals surface area (Å²) in [6, 6.07) is 11.2. The number of nitrogens with two attached hydrogens (primary N) is 1. The number of anilines is 1. The molecule has 0 saturated heterocycles. The van der Waals surface area contributed by atoms with E-state index >= 15 is 0 Å². The van der Waals surface area contributed by atoms with Gasteiger partial charge in [-0.25, -0.2) is 0 Å². The van der Waals surface area contributed by atoms with Crippen molar-refractivity contribution in [3.05, 3.63) is 57.6 Å². The predicted octanol–water partition coefficient (Wildman–Crippen LogP) is 3.48. The number of hydrogen-bond donors (Lipinski definition) is 2. The molecule has 0 unspecified atom stereocenters. The summed E-state index contributed by atoms with van der Waals surface area (Å²) in [5.41, 5.74) is 8.79. The molecule has 1 amide bonds. The van der Waals surface area contributed by atoms with Crippen LogP contribution in [-0.4, -0.2) is 13.0 Å². The van der Waals surface area contributed by atoms with Crippen LogP contribution >= 0.6 is 15.9 Å². The average molecular weight is 349 g/mol. The molecule has 0 saturated carbocycles. The number of rotatable bonds is 5. The van der Waals surface area contributed by atoms with Crippen LogP contribution in [0.1, 0.15) is 21.5 Å².